The van der Waals surface area contributed by atoms with Crippen LogP contribution in [-0.2, 0) is 10.8 Å². The Kier molecular flexibility index (Phi) is 6.48. The highest BCUT2D eigenvalue weighted by molar-refractivity contribution is 6.02. The van der Waals surface area contributed by atoms with E-state index in [1.54, 1.807) is 0 Å². The molecule has 0 saturated heterocycles. The third kappa shape index (κ3) is 4.02. The first kappa shape index (κ1) is 33.1. The summed E-state index contributed by atoms with van der Waals surface area (Å²) in [6, 6.07) is 84.6. The van der Waals surface area contributed by atoms with Crippen LogP contribution in [0, 0.1) is 0 Å². The molecular weight excluding hydrogens is 735 g/mol. The normalized spacial score (nSPS) is 14.5. The third-order valence-electron chi connectivity index (χ3n) is 14.5. The van der Waals surface area contributed by atoms with Gasteiger partial charge < -0.3 is 4.90 Å². The molecule has 2 spiro atoms. The van der Waals surface area contributed by atoms with E-state index < -0.39 is 10.8 Å². The summed E-state index contributed by atoms with van der Waals surface area (Å²) < 4.78 is 0. The molecular formula is C60H37N. The van der Waals surface area contributed by atoms with Crippen LogP contribution in [0.1, 0.15) is 44.5 Å². The van der Waals surface area contributed by atoms with Gasteiger partial charge in [-0.1, -0.05) is 194 Å². The minimum atomic E-state index is -0.438. The standard InChI is InChI=1S/C60H37N/c1-2-18-41-38(16-1)17-15-31-58(41)61(39-33-35-56-49(36-39)47-24-8-14-30-55(47)59(56)50-25-9-3-19-42(50)43-20-4-10-26-51(43)59)40-32-34-48-46-23-7-13-29-54(46)60(57(48)37-40)52-27-11-5-21-44(52)45-22-6-12-28-53(45)60/h1-37H. The summed E-state index contributed by atoms with van der Waals surface area (Å²) in [5.74, 6) is 0. The first-order chi connectivity index (χ1) is 30.3. The van der Waals surface area contributed by atoms with Crippen molar-refractivity contribution >= 4 is 27.8 Å². The summed E-state index contributed by atoms with van der Waals surface area (Å²) in [5.41, 5.74) is 23.9. The maximum atomic E-state index is 2.52. The largest absolute Gasteiger partial charge is 0.310 e. The second-order valence-electron chi connectivity index (χ2n) is 17.1. The minimum absolute atomic E-state index is 0.392. The molecule has 10 aromatic rings. The summed E-state index contributed by atoms with van der Waals surface area (Å²) in [5, 5.41) is 2.44. The van der Waals surface area contributed by atoms with Crippen molar-refractivity contribution in [3.05, 3.63) is 269 Å². The fraction of sp³-hybridized carbons (Fsp3) is 0.0333. The van der Waals surface area contributed by atoms with Crippen LogP contribution in [0.15, 0.2) is 224 Å². The van der Waals surface area contributed by atoms with Gasteiger partial charge in [0, 0.05) is 16.8 Å². The number of anilines is 3. The van der Waals surface area contributed by atoms with E-state index in [1.165, 1.54) is 99.8 Å². The first-order valence-electron chi connectivity index (χ1n) is 21.4. The van der Waals surface area contributed by atoms with Gasteiger partial charge in [0.25, 0.3) is 0 Å². The summed E-state index contributed by atoms with van der Waals surface area (Å²) in [4.78, 5) is 2.52. The number of hydrogen-bond donors (Lipinski definition) is 0. The van der Waals surface area contributed by atoms with Crippen LogP contribution in [0.3, 0.4) is 0 Å². The Hall–Kier alpha value is -7.74. The summed E-state index contributed by atoms with van der Waals surface area (Å²) in [6.07, 6.45) is 0. The van der Waals surface area contributed by atoms with Crippen molar-refractivity contribution in [2.75, 3.05) is 4.90 Å². The van der Waals surface area contributed by atoms with E-state index in [0.29, 0.717) is 0 Å². The molecule has 1 nitrogen and oxygen atoms in total. The SMILES string of the molecule is c1ccc2c(c1)-c1ccccc1C21c2ccccc2-c2cc(N(c3ccc4c(c3)C3(c5ccccc5-c5ccccc53)c3ccccc3-4)c3cccc4ccccc34)ccc21. The van der Waals surface area contributed by atoms with Crippen LogP contribution in [0.4, 0.5) is 17.1 Å². The van der Waals surface area contributed by atoms with E-state index in [4.69, 9.17) is 0 Å². The Balaban J connectivity index is 1.05. The second kappa shape index (κ2) is 11.9. The van der Waals surface area contributed by atoms with E-state index in [9.17, 15) is 0 Å². The molecule has 0 bridgehead atoms. The topological polar surface area (TPSA) is 3.24 Å². The Morgan fingerprint density at radius 1 is 0.246 bits per heavy atom. The predicted octanol–water partition coefficient (Wildman–Crippen LogP) is 15.0. The molecule has 0 heterocycles. The molecule has 4 aliphatic rings. The van der Waals surface area contributed by atoms with Gasteiger partial charge in [0.15, 0.2) is 0 Å². The van der Waals surface area contributed by atoms with E-state index >= 15 is 0 Å². The molecule has 0 unspecified atom stereocenters. The molecule has 1 heteroatoms. The lowest BCUT2D eigenvalue weighted by molar-refractivity contribution is 0.793. The molecule has 282 valence electrons. The van der Waals surface area contributed by atoms with Crippen molar-refractivity contribution in [1.29, 1.82) is 0 Å². The van der Waals surface area contributed by atoms with E-state index in [0.717, 1.165) is 17.1 Å². The Morgan fingerprint density at radius 2 is 0.607 bits per heavy atom. The van der Waals surface area contributed by atoms with Crippen LogP contribution < -0.4 is 4.90 Å². The van der Waals surface area contributed by atoms with Crippen molar-refractivity contribution < 1.29 is 0 Å². The predicted molar refractivity (Wildman–Crippen MR) is 251 cm³/mol. The fourth-order valence-corrected chi connectivity index (χ4v) is 12.3. The average Bonchev–Trinajstić information content (AvgIpc) is 4.01. The van der Waals surface area contributed by atoms with Crippen LogP contribution >= 0.6 is 0 Å². The quantitative estimate of drug-likeness (QED) is 0.173. The maximum absolute atomic E-state index is 2.52. The minimum Gasteiger partial charge on any atom is -0.310 e. The fourth-order valence-electron chi connectivity index (χ4n) is 12.3. The van der Waals surface area contributed by atoms with Crippen LogP contribution in [-0.4, -0.2) is 0 Å². The molecule has 0 atom stereocenters. The third-order valence-corrected chi connectivity index (χ3v) is 14.5. The van der Waals surface area contributed by atoms with Gasteiger partial charge in [0.05, 0.1) is 16.5 Å². The number of rotatable bonds is 3. The van der Waals surface area contributed by atoms with Crippen molar-refractivity contribution in [2.24, 2.45) is 0 Å². The molecule has 0 aromatic heterocycles. The molecule has 0 saturated carbocycles. The van der Waals surface area contributed by atoms with Gasteiger partial charge in [-0.25, -0.2) is 0 Å². The highest BCUT2D eigenvalue weighted by Crippen LogP contribution is 2.65. The van der Waals surface area contributed by atoms with Gasteiger partial charge in [-0.3, -0.25) is 0 Å². The summed E-state index contributed by atoms with van der Waals surface area (Å²) in [6.45, 7) is 0. The van der Waals surface area contributed by atoms with Gasteiger partial charge in [-0.15, -0.1) is 0 Å². The van der Waals surface area contributed by atoms with Crippen LogP contribution in [0.2, 0.25) is 0 Å². The van der Waals surface area contributed by atoms with E-state index in [1.807, 2.05) is 0 Å². The molecule has 0 aliphatic heterocycles. The average molecular weight is 772 g/mol. The Labute approximate surface area is 355 Å². The zero-order valence-electron chi connectivity index (χ0n) is 33.3. The Morgan fingerprint density at radius 3 is 1.13 bits per heavy atom. The molecule has 0 N–H and O–H groups in total. The molecule has 61 heavy (non-hydrogen) atoms. The maximum Gasteiger partial charge on any atom is 0.0726 e. The number of benzene rings is 10. The number of hydrogen-bond acceptors (Lipinski definition) is 1. The van der Waals surface area contributed by atoms with Gasteiger partial charge in [-0.2, -0.15) is 0 Å². The monoisotopic (exact) mass is 771 g/mol. The van der Waals surface area contributed by atoms with E-state index in [-0.39, 0.29) is 0 Å². The van der Waals surface area contributed by atoms with Crippen molar-refractivity contribution in [2.45, 2.75) is 10.8 Å². The van der Waals surface area contributed by atoms with Crippen molar-refractivity contribution in [3.63, 3.8) is 0 Å². The van der Waals surface area contributed by atoms with Gasteiger partial charge >= 0.3 is 0 Å². The molecule has 4 aliphatic carbocycles. The lowest BCUT2D eigenvalue weighted by atomic mass is 9.70. The van der Waals surface area contributed by atoms with Gasteiger partial charge in [-0.05, 0) is 125 Å². The first-order valence-corrected chi connectivity index (χ1v) is 21.4. The summed E-state index contributed by atoms with van der Waals surface area (Å²) in [7, 11) is 0. The molecule has 14 rings (SSSR count). The molecule has 0 radical (unpaired) electrons. The van der Waals surface area contributed by atoms with Crippen LogP contribution in [0.5, 0.6) is 0 Å². The second-order valence-corrected chi connectivity index (χ2v) is 17.1. The Bertz CT molecular complexity index is 3400. The zero-order valence-corrected chi connectivity index (χ0v) is 33.3. The van der Waals surface area contributed by atoms with Gasteiger partial charge in [0.1, 0.15) is 0 Å². The number of fused-ring (bicyclic) bond motifs is 21. The van der Waals surface area contributed by atoms with Crippen molar-refractivity contribution in [3.8, 4) is 44.5 Å². The lowest BCUT2D eigenvalue weighted by Crippen LogP contribution is -2.26. The molecule has 0 fully saturated rings. The smallest absolute Gasteiger partial charge is 0.0726 e. The van der Waals surface area contributed by atoms with Gasteiger partial charge in [0.2, 0.25) is 0 Å². The van der Waals surface area contributed by atoms with Crippen LogP contribution in [0.25, 0.3) is 55.3 Å². The zero-order chi connectivity index (χ0) is 39.9. The number of nitrogens with zero attached hydrogens (tertiary/aromatic N) is 1. The molecule has 0 amide bonds. The van der Waals surface area contributed by atoms with Crippen molar-refractivity contribution in [1.82, 2.24) is 0 Å². The highest BCUT2D eigenvalue weighted by atomic mass is 15.1. The molecule has 10 aromatic carbocycles. The lowest BCUT2D eigenvalue weighted by Gasteiger charge is -2.33. The summed E-state index contributed by atoms with van der Waals surface area (Å²) >= 11 is 0. The van der Waals surface area contributed by atoms with E-state index in [2.05, 4.69) is 229 Å². The highest BCUT2D eigenvalue weighted by Gasteiger charge is 2.53.